The SMILES string of the molecule is Cc1c(NC(=O)c2cc(OC(F)F)c(CNCCNC(=O)CCCNc3nc(N)n4nc(-c5ccco5)nc4n3)cn2)cccc1-c1cccc(NC(=O)c2cc(OC(F)F)c(CN3CCCCC3)cn2)c1Cl. The van der Waals surface area contributed by atoms with Crippen LogP contribution in [0.4, 0.5) is 40.8 Å². The van der Waals surface area contributed by atoms with Crippen molar-refractivity contribution in [2.75, 3.05) is 54.4 Å². The smallest absolute Gasteiger partial charge is 0.387 e. The van der Waals surface area contributed by atoms with Crippen molar-refractivity contribution in [2.24, 2.45) is 0 Å². The highest BCUT2D eigenvalue weighted by atomic mass is 35.5. The molecule has 7 aromatic rings. The minimum absolute atomic E-state index is 0.0243. The van der Waals surface area contributed by atoms with Crippen molar-refractivity contribution in [2.45, 2.75) is 65.3 Å². The number of benzene rings is 2. The number of nitrogens with one attached hydrogen (secondary N) is 5. The Balaban J connectivity index is 0.826. The molecular formula is C48H49ClF4N14O6. The van der Waals surface area contributed by atoms with Crippen LogP contribution >= 0.6 is 11.6 Å². The summed E-state index contributed by atoms with van der Waals surface area (Å²) in [4.78, 5) is 62.9. The normalized spacial score (nSPS) is 12.8. The number of anilines is 4. The Hall–Kier alpha value is -7.96. The van der Waals surface area contributed by atoms with Crippen LogP contribution in [0, 0.1) is 6.92 Å². The summed E-state index contributed by atoms with van der Waals surface area (Å²) in [6.45, 7) is -1.72. The minimum Gasteiger partial charge on any atom is -0.461 e. The lowest BCUT2D eigenvalue weighted by molar-refractivity contribution is -0.121. The van der Waals surface area contributed by atoms with Crippen molar-refractivity contribution in [1.29, 1.82) is 0 Å². The van der Waals surface area contributed by atoms with Crippen molar-refractivity contribution in [3.8, 4) is 34.2 Å². The third kappa shape index (κ3) is 13.3. The van der Waals surface area contributed by atoms with E-state index in [1.165, 1.54) is 29.2 Å². The number of nitrogen functional groups attached to an aromatic ring is 1. The van der Waals surface area contributed by atoms with Gasteiger partial charge in [0.2, 0.25) is 23.6 Å². The van der Waals surface area contributed by atoms with E-state index in [0.717, 1.165) is 38.4 Å². The summed E-state index contributed by atoms with van der Waals surface area (Å²) in [5.41, 5.74) is 8.50. The summed E-state index contributed by atoms with van der Waals surface area (Å²) in [6.07, 6.45) is 7.83. The lowest BCUT2D eigenvalue weighted by Crippen LogP contribution is -2.31. The number of halogens is 5. The number of hydrogen-bond acceptors (Lipinski definition) is 16. The van der Waals surface area contributed by atoms with Crippen LogP contribution in [0.2, 0.25) is 5.02 Å². The topological polar surface area (TPSA) is 254 Å². The highest BCUT2D eigenvalue weighted by Crippen LogP contribution is 2.38. The predicted molar refractivity (Wildman–Crippen MR) is 262 cm³/mol. The van der Waals surface area contributed by atoms with Crippen LogP contribution in [0.25, 0.3) is 28.5 Å². The van der Waals surface area contributed by atoms with Gasteiger partial charge in [0.05, 0.1) is 17.0 Å². The molecule has 0 radical (unpaired) electrons. The third-order valence-corrected chi connectivity index (χ3v) is 11.9. The molecule has 0 atom stereocenters. The third-order valence-electron chi connectivity index (χ3n) is 11.5. The van der Waals surface area contributed by atoms with E-state index in [0.29, 0.717) is 59.0 Å². The number of likely N-dealkylation sites (tertiary alicyclic amines) is 1. The fraction of sp³-hybridized carbons (Fsp3) is 0.312. The minimum atomic E-state index is -3.20. The summed E-state index contributed by atoms with van der Waals surface area (Å²) in [7, 11) is 0. The molecule has 6 heterocycles. The van der Waals surface area contributed by atoms with Gasteiger partial charge in [-0.05, 0) is 74.7 Å². The van der Waals surface area contributed by atoms with E-state index in [9.17, 15) is 31.9 Å². The van der Waals surface area contributed by atoms with Gasteiger partial charge in [0, 0.05) is 86.0 Å². The van der Waals surface area contributed by atoms with Crippen molar-refractivity contribution in [3.05, 3.63) is 112 Å². The Morgan fingerprint density at radius 2 is 1.48 bits per heavy atom. The molecule has 0 aliphatic carbocycles. The Bertz CT molecular complexity index is 3070. The number of piperidine rings is 1. The molecule has 0 saturated carbocycles. The van der Waals surface area contributed by atoms with Crippen LogP contribution < -0.4 is 41.8 Å². The lowest BCUT2D eigenvalue weighted by Gasteiger charge is -2.27. The predicted octanol–water partition coefficient (Wildman–Crippen LogP) is 7.57. The molecule has 8 rings (SSSR count). The lowest BCUT2D eigenvalue weighted by atomic mass is 9.98. The molecule has 0 spiro atoms. The molecule has 382 valence electrons. The molecule has 20 nitrogen and oxygen atoms in total. The summed E-state index contributed by atoms with van der Waals surface area (Å²) in [5.74, 6) is -0.833. The average molecular weight is 1030 g/mol. The maximum Gasteiger partial charge on any atom is 0.387 e. The van der Waals surface area contributed by atoms with Gasteiger partial charge < -0.3 is 46.2 Å². The molecule has 1 aliphatic rings. The van der Waals surface area contributed by atoms with E-state index in [1.54, 1.807) is 55.5 Å². The number of furan rings is 1. The second kappa shape index (κ2) is 24.0. The van der Waals surface area contributed by atoms with E-state index < -0.39 is 25.0 Å². The first kappa shape index (κ1) is 51.4. The molecule has 2 aromatic carbocycles. The van der Waals surface area contributed by atoms with Gasteiger partial charge in [0.1, 0.15) is 22.9 Å². The highest BCUT2D eigenvalue weighted by Gasteiger charge is 2.22. The highest BCUT2D eigenvalue weighted by molar-refractivity contribution is 6.36. The maximum atomic E-state index is 13.6. The number of ether oxygens (including phenoxy) is 2. The molecule has 25 heteroatoms. The van der Waals surface area contributed by atoms with E-state index in [-0.39, 0.29) is 88.8 Å². The Morgan fingerprint density at radius 1 is 0.808 bits per heavy atom. The van der Waals surface area contributed by atoms with E-state index in [1.807, 2.05) is 0 Å². The molecule has 0 unspecified atom stereocenters. The number of nitrogens with two attached hydrogens (primary N) is 1. The molecule has 73 heavy (non-hydrogen) atoms. The number of carbonyl (C=O) groups is 3. The van der Waals surface area contributed by atoms with Crippen LogP contribution in [-0.2, 0) is 17.9 Å². The molecule has 7 N–H and O–H groups in total. The van der Waals surface area contributed by atoms with Crippen LogP contribution in [0.3, 0.4) is 0 Å². The Morgan fingerprint density at radius 3 is 2.18 bits per heavy atom. The van der Waals surface area contributed by atoms with Crippen molar-refractivity contribution < 1.29 is 45.8 Å². The molecule has 1 fully saturated rings. The number of aromatic nitrogens is 7. The molecule has 5 aromatic heterocycles. The molecule has 1 saturated heterocycles. The van der Waals surface area contributed by atoms with Gasteiger partial charge in [-0.2, -0.15) is 37.0 Å². The van der Waals surface area contributed by atoms with Crippen molar-refractivity contribution in [3.63, 3.8) is 0 Å². The standard InChI is InChI=1S/C48H49ClF4N14O6/c1-27-30(31-10-6-12-33(40(31)49)61-43(70)35-22-38(73-45(52)53)29(25-59-35)26-66-18-3-2-4-19-66)9-5-11-32(27)60-42(69)34-21-37(72-44(50)51)28(24-58-34)23-55-16-17-56-39(68)14-7-15-57-47-63-46(54)67-48(64-47)62-41(65-67)36-13-8-20-71-36/h5-6,8-13,20-22,24-25,44-45,55H,2-4,7,14-19,23,26H2,1H3,(H,56,68)(H,60,69)(H,61,70)(H3,54,57,62,63,64,65). The quantitative estimate of drug-likeness (QED) is 0.0283. The van der Waals surface area contributed by atoms with Crippen LogP contribution in [0.1, 0.15) is 69.8 Å². The van der Waals surface area contributed by atoms with Gasteiger partial charge in [0.25, 0.3) is 17.6 Å². The van der Waals surface area contributed by atoms with Gasteiger partial charge in [-0.1, -0.05) is 42.3 Å². The molecule has 0 bridgehead atoms. The zero-order chi connectivity index (χ0) is 51.4. The van der Waals surface area contributed by atoms with Gasteiger partial charge in [-0.15, -0.1) is 5.10 Å². The van der Waals surface area contributed by atoms with Crippen LogP contribution in [0.15, 0.2) is 83.7 Å². The van der Waals surface area contributed by atoms with Gasteiger partial charge >= 0.3 is 13.2 Å². The van der Waals surface area contributed by atoms with Crippen LogP contribution in [0.5, 0.6) is 11.5 Å². The number of amides is 3. The second-order valence-corrected chi connectivity index (χ2v) is 17.0. The first-order valence-electron chi connectivity index (χ1n) is 23.1. The number of nitrogens with zero attached hydrogens (tertiary/aromatic N) is 8. The zero-order valence-corrected chi connectivity index (χ0v) is 39.9. The van der Waals surface area contributed by atoms with E-state index >= 15 is 0 Å². The number of rotatable bonds is 22. The Kier molecular flexibility index (Phi) is 16.9. The number of fused-ring (bicyclic) bond motifs is 1. The Labute approximate surface area is 419 Å². The van der Waals surface area contributed by atoms with Crippen molar-refractivity contribution >= 4 is 58.4 Å². The van der Waals surface area contributed by atoms with Gasteiger partial charge in [0.15, 0.2) is 5.76 Å². The molecule has 1 aliphatic heterocycles. The average Bonchev–Trinajstić information content (AvgIpc) is 4.07. The molecular weight excluding hydrogens is 980 g/mol. The van der Waals surface area contributed by atoms with Gasteiger partial charge in [-0.3, -0.25) is 29.3 Å². The van der Waals surface area contributed by atoms with Gasteiger partial charge in [-0.25, -0.2) is 0 Å². The summed E-state index contributed by atoms with van der Waals surface area (Å²) < 4.78 is 70.2. The largest absolute Gasteiger partial charge is 0.461 e. The number of pyridine rings is 2. The summed E-state index contributed by atoms with van der Waals surface area (Å²) in [5, 5.41) is 18.7. The second-order valence-electron chi connectivity index (χ2n) is 16.6. The summed E-state index contributed by atoms with van der Waals surface area (Å²) in [6, 6.07) is 15.7. The number of carbonyl (C=O) groups excluding carboxylic acids is 3. The molecule has 3 amide bonds. The summed E-state index contributed by atoms with van der Waals surface area (Å²) >= 11 is 6.87. The van der Waals surface area contributed by atoms with Crippen LogP contribution in [-0.4, -0.2) is 103 Å². The zero-order valence-electron chi connectivity index (χ0n) is 39.1. The fourth-order valence-electron chi connectivity index (χ4n) is 7.92. The van der Waals surface area contributed by atoms with E-state index in [4.69, 9.17) is 31.2 Å². The number of hydrogen-bond donors (Lipinski definition) is 6. The monoisotopic (exact) mass is 1030 g/mol. The fourth-order valence-corrected chi connectivity index (χ4v) is 8.19. The first-order chi connectivity index (χ1) is 35.3. The van der Waals surface area contributed by atoms with Crippen molar-refractivity contribution in [1.82, 2.24) is 50.1 Å². The van der Waals surface area contributed by atoms with E-state index in [2.05, 4.69) is 61.5 Å². The number of alkyl halides is 4. The maximum absolute atomic E-state index is 13.6. The first-order valence-corrected chi connectivity index (χ1v) is 23.4.